The first-order chi connectivity index (χ1) is 11.4. The summed E-state index contributed by atoms with van der Waals surface area (Å²) < 4.78 is 39.5. The van der Waals surface area contributed by atoms with Gasteiger partial charge >= 0.3 is 6.18 Å². The Morgan fingerprint density at radius 3 is 2.71 bits per heavy atom. The second-order valence-electron chi connectivity index (χ2n) is 5.47. The Bertz CT molecular complexity index is 578. The number of amides is 1. The summed E-state index contributed by atoms with van der Waals surface area (Å²) in [5, 5.41) is 5.26. The topological polar surface area (TPSA) is 53.5 Å². The zero-order valence-corrected chi connectivity index (χ0v) is 14.1. The third kappa shape index (κ3) is 5.43. The molecule has 0 spiro atoms. The van der Waals surface area contributed by atoms with Crippen LogP contribution in [0.25, 0.3) is 0 Å². The zero-order chi connectivity index (χ0) is 17.6. The van der Waals surface area contributed by atoms with E-state index in [2.05, 4.69) is 15.6 Å². The fourth-order valence-corrected chi connectivity index (χ4v) is 3.09. The van der Waals surface area contributed by atoms with E-state index in [0.717, 1.165) is 23.7 Å². The number of amidine groups is 1. The molecule has 1 aliphatic heterocycles. The Labute approximate surface area is 143 Å². The number of rotatable bonds is 5. The Morgan fingerprint density at radius 2 is 2.08 bits per heavy atom. The number of thioether (sulfide) groups is 1. The molecule has 1 amide bonds. The SMILES string of the molecule is CCCNC(=O)CSC1=N[C@H](c2ccccc2)C[C@@H](C(F)(F)F)N1. The monoisotopic (exact) mass is 359 g/mol. The number of aliphatic imine (C=N–C) groups is 1. The molecule has 1 aromatic rings. The van der Waals surface area contributed by atoms with Gasteiger partial charge in [-0.1, -0.05) is 49.0 Å². The van der Waals surface area contributed by atoms with E-state index in [1.165, 1.54) is 0 Å². The molecule has 24 heavy (non-hydrogen) atoms. The normalized spacial score (nSPS) is 20.9. The minimum Gasteiger partial charge on any atom is -0.355 e. The molecule has 0 bridgehead atoms. The van der Waals surface area contributed by atoms with Crippen molar-refractivity contribution < 1.29 is 18.0 Å². The minimum absolute atomic E-state index is 0.0396. The molecule has 2 atom stereocenters. The van der Waals surface area contributed by atoms with E-state index in [1.54, 1.807) is 24.3 Å². The number of halogens is 3. The number of alkyl halides is 3. The summed E-state index contributed by atoms with van der Waals surface area (Å²) in [6, 6.07) is 6.66. The molecule has 0 aromatic heterocycles. The van der Waals surface area contributed by atoms with Crippen LogP contribution < -0.4 is 10.6 Å². The first-order valence-corrected chi connectivity index (χ1v) is 8.74. The van der Waals surface area contributed by atoms with Crippen molar-refractivity contribution in [3.8, 4) is 0 Å². The maximum Gasteiger partial charge on any atom is 0.408 e. The van der Waals surface area contributed by atoms with Gasteiger partial charge in [0.2, 0.25) is 5.91 Å². The fraction of sp³-hybridized carbons (Fsp3) is 0.500. The third-order valence-electron chi connectivity index (χ3n) is 3.52. The fourth-order valence-electron chi connectivity index (χ4n) is 2.29. The summed E-state index contributed by atoms with van der Waals surface area (Å²) in [5.41, 5.74) is 0.738. The smallest absolute Gasteiger partial charge is 0.355 e. The lowest BCUT2D eigenvalue weighted by Gasteiger charge is -2.31. The van der Waals surface area contributed by atoms with Gasteiger partial charge in [-0.3, -0.25) is 9.79 Å². The molecule has 2 N–H and O–H groups in total. The van der Waals surface area contributed by atoms with Gasteiger partial charge in [0.25, 0.3) is 0 Å². The molecule has 0 aliphatic carbocycles. The Morgan fingerprint density at radius 1 is 1.38 bits per heavy atom. The molecule has 0 unspecified atom stereocenters. The molecule has 0 saturated carbocycles. The van der Waals surface area contributed by atoms with Crippen molar-refractivity contribution in [1.82, 2.24) is 10.6 Å². The van der Waals surface area contributed by atoms with Crippen LogP contribution in [-0.2, 0) is 4.79 Å². The van der Waals surface area contributed by atoms with Crippen molar-refractivity contribution in [2.45, 2.75) is 38.0 Å². The summed E-state index contributed by atoms with van der Waals surface area (Å²) in [5.74, 6) is -0.172. The van der Waals surface area contributed by atoms with Gasteiger partial charge < -0.3 is 10.6 Å². The zero-order valence-electron chi connectivity index (χ0n) is 13.3. The predicted octanol–water partition coefficient (Wildman–Crippen LogP) is 3.27. The summed E-state index contributed by atoms with van der Waals surface area (Å²) in [6.45, 7) is 2.48. The number of carbonyl (C=O) groups is 1. The first-order valence-electron chi connectivity index (χ1n) is 7.75. The number of hydrogen-bond donors (Lipinski definition) is 2. The minimum atomic E-state index is -4.36. The van der Waals surface area contributed by atoms with Crippen LogP contribution in [0.5, 0.6) is 0 Å². The average molecular weight is 359 g/mol. The number of benzene rings is 1. The number of nitrogens with zero attached hydrogens (tertiary/aromatic N) is 1. The van der Waals surface area contributed by atoms with Gasteiger partial charge in [0.05, 0.1) is 11.8 Å². The van der Waals surface area contributed by atoms with Crippen LogP contribution in [0.15, 0.2) is 35.3 Å². The van der Waals surface area contributed by atoms with E-state index in [1.807, 2.05) is 13.0 Å². The summed E-state index contributed by atoms with van der Waals surface area (Å²) in [4.78, 5) is 16.0. The lowest BCUT2D eigenvalue weighted by Crippen LogP contribution is -2.48. The van der Waals surface area contributed by atoms with Crippen molar-refractivity contribution in [1.29, 1.82) is 0 Å². The van der Waals surface area contributed by atoms with Crippen molar-refractivity contribution in [2.75, 3.05) is 12.3 Å². The largest absolute Gasteiger partial charge is 0.408 e. The lowest BCUT2D eigenvalue weighted by atomic mass is 9.98. The highest BCUT2D eigenvalue weighted by molar-refractivity contribution is 8.14. The highest BCUT2D eigenvalue weighted by Crippen LogP contribution is 2.34. The van der Waals surface area contributed by atoms with Crippen LogP contribution in [-0.4, -0.2) is 35.6 Å². The number of nitrogens with one attached hydrogen (secondary N) is 2. The first kappa shape index (κ1) is 18.6. The average Bonchev–Trinajstić information content (AvgIpc) is 2.58. The molecule has 0 saturated heterocycles. The molecule has 1 aromatic carbocycles. The molecule has 0 fully saturated rings. The molecule has 4 nitrogen and oxygen atoms in total. The quantitative estimate of drug-likeness (QED) is 0.848. The van der Waals surface area contributed by atoms with Crippen LogP contribution in [0.1, 0.15) is 31.4 Å². The second kappa shape index (κ2) is 8.41. The van der Waals surface area contributed by atoms with Gasteiger partial charge in [-0.2, -0.15) is 13.2 Å². The van der Waals surface area contributed by atoms with Crippen LogP contribution >= 0.6 is 11.8 Å². The molecule has 1 heterocycles. The van der Waals surface area contributed by atoms with Gasteiger partial charge in [0.15, 0.2) is 5.17 Å². The maximum absolute atomic E-state index is 13.2. The van der Waals surface area contributed by atoms with Crippen LogP contribution in [0, 0.1) is 0 Å². The molecule has 2 rings (SSSR count). The van der Waals surface area contributed by atoms with Gasteiger partial charge in [-0.15, -0.1) is 0 Å². The molecule has 1 aliphatic rings. The Balaban J connectivity index is 2.09. The van der Waals surface area contributed by atoms with Crippen molar-refractivity contribution in [3.05, 3.63) is 35.9 Å². The molecule has 132 valence electrons. The number of hydrogen-bond acceptors (Lipinski definition) is 4. The summed E-state index contributed by atoms with van der Waals surface area (Å²) in [6.07, 6.45) is -3.71. The van der Waals surface area contributed by atoms with Crippen molar-refractivity contribution in [3.63, 3.8) is 0 Å². The predicted molar refractivity (Wildman–Crippen MR) is 90.0 cm³/mol. The van der Waals surface area contributed by atoms with Gasteiger partial charge in [-0.05, 0) is 12.0 Å². The highest BCUT2D eigenvalue weighted by Gasteiger charge is 2.43. The summed E-state index contributed by atoms with van der Waals surface area (Å²) >= 11 is 1.00. The molecule has 8 heteroatoms. The van der Waals surface area contributed by atoms with E-state index < -0.39 is 18.3 Å². The van der Waals surface area contributed by atoms with Crippen LogP contribution in [0.4, 0.5) is 13.2 Å². The van der Waals surface area contributed by atoms with E-state index in [9.17, 15) is 18.0 Å². The summed E-state index contributed by atoms with van der Waals surface area (Å²) in [7, 11) is 0. The van der Waals surface area contributed by atoms with E-state index in [4.69, 9.17) is 0 Å². The Kier molecular flexibility index (Phi) is 6.53. The third-order valence-corrected chi connectivity index (χ3v) is 4.42. The number of carbonyl (C=O) groups excluding carboxylic acids is 1. The van der Waals surface area contributed by atoms with Gasteiger partial charge in [-0.25, -0.2) is 0 Å². The highest BCUT2D eigenvalue weighted by atomic mass is 32.2. The standard InChI is InChI=1S/C16H20F3N3OS/c1-2-8-20-14(23)10-24-15-21-12(11-6-4-3-5-7-11)9-13(22-15)16(17,18)19/h3-7,12-13H,2,8-10H2,1H3,(H,20,23)(H,21,22)/t12-,13-/m0/s1. The van der Waals surface area contributed by atoms with E-state index >= 15 is 0 Å². The van der Waals surface area contributed by atoms with Gasteiger partial charge in [0, 0.05) is 13.0 Å². The van der Waals surface area contributed by atoms with E-state index in [0.29, 0.717) is 6.54 Å². The molecule has 0 radical (unpaired) electrons. The van der Waals surface area contributed by atoms with Crippen LogP contribution in [0.3, 0.4) is 0 Å². The van der Waals surface area contributed by atoms with Crippen LogP contribution in [0.2, 0.25) is 0 Å². The van der Waals surface area contributed by atoms with E-state index in [-0.39, 0.29) is 23.2 Å². The molecular weight excluding hydrogens is 339 g/mol. The lowest BCUT2D eigenvalue weighted by molar-refractivity contribution is -0.155. The van der Waals surface area contributed by atoms with Crippen molar-refractivity contribution >= 4 is 22.8 Å². The second-order valence-corrected chi connectivity index (χ2v) is 6.44. The maximum atomic E-state index is 13.2. The van der Waals surface area contributed by atoms with Crippen molar-refractivity contribution in [2.24, 2.45) is 4.99 Å². The van der Waals surface area contributed by atoms with Gasteiger partial charge in [0.1, 0.15) is 6.04 Å². The molecular formula is C16H20F3N3OS. The Hall–Kier alpha value is -1.70.